The first kappa shape index (κ1) is 8.97. The quantitative estimate of drug-likeness (QED) is 0.704. The molecule has 1 saturated carbocycles. The van der Waals surface area contributed by atoms with E-state index in [1.807, 2.05) is 6.92 Å². The number of anilines is 1. The second-order valence-corrected chi connectivity index (χ2v) is 4.31. The molecule has 13 heavy (non-hydrogen) atoms. The van der Waals surface area contributed by atoms with Gasteiger partial charge in [-0.25, -0.2) is 4.98 Å². The maximum Gasteiger partial charge on any atom is 0.182 e. The molecule has 0 saturated heterocycles. The number of rotatable bonds is 5. The smallest absolute Gasteiger partial charge is 0.182 e. The van der Waals surface area contributed by atoms with Crippen LogP contribution in [0.4, 0.5) is 5.13 Å². The van der Waals surface area contributed by atoms with E-state index < -0.39 is 0 Å². The Morgan fingerprint density at radius 3 is 3.00 bits per heavy atom. The van der Waals surface area contributed by atoms with E-state index in [1.54, 1.807) is 11.3 Å². The molecule has 0 radical (unpaired) electrons. The molecule has 0 amide bonds. The van der Waals surface area contributed by atoms with Crippen molar-refractivity contribution in [3.05, 3.63) is 11.1 Å². The lowest BCUT2D eigenvalue weighted by molar-refractivity contribution is 0.701. The van der Waals surface area contributed by atoms with Crippen LogP contribution in [0.3, 0.4) is 0 Å². The first-order chi connectivity index (χ1) is 6.34. The van der Waals surface area contributed by atoms with Crippen molar-refractivity contribution in [3.63, 3.8) is 0 Å². The molecule has 1 aromatic rings. The molecule has 1 aliphatic rings. The van der Waals surface area contributed by atoms with E-state index in [-0.39, 0.29) is 0 Å². The Balaban J connectivity index is 1.61. The Bertz CT molecular complexity index is 268. The molecule has 0 aliphatic heterocycles. The van der Waals surface area contributed by atoms with Gasteiger partial charge in [-0.1, -0.05) is 0 Å². The zero-order chi connectivity index (χ0) is 9.10. The van der Waals surface area contributed by atoms with Crippen molar-refractivity contribution < 1.29 is 0 Å². The first-order valence-electron chi connectivity index (χ1n) is 4.74. The van der Waals surface area contributed by atoms with Gasteiger partial charge in [-0.05, 0) is 19.8 Å². The summed E-state index contributed by atoms with van der Waals surface area (Å²) in [4.78, 5) is 4.32. The van der Waals surface area contributed by atoms with Crippen LogP contribution in [-0.4, -0.2) is 24.1 Å². The number of aromatic nitrogens is 1. The van der Waals surface area contributed by atoms with E-state index in [9.17, 15) is 0 Å². The third kappa shape index (κ3) is 2.97. The van der Waals surface area contributed by atoms with Crippen LogP contribution < -0.4 is 10.6 Å². The summed E-state index contributed by atoms with van der Waals surface area (Å²) >= 11 is 1.67. The Hall–Kier alpha value is -0.610. The van der Waals surface area contributed by atoms with E-state index in [2.05, 4.69) is 21.0 Å². The molecular formula is C9H15N3S. The van der Waals surface area contributed by atoms with Crippen LogP contribution in [0.25, 0.3) is 0 Å². The molecule has 72 valence electrons. The Kier molecular flexibility index (Phi) is 2.80. The van der Waals surface area contributed by atoms with Gasteiger partial charge in [-0.2, -0.15) is 0 Å². The molecule has 0 aromatic carbocycles. The summed E-state index contributed by atoms with van der Waals surface area (Å²) in [7, 11) is 0. The molecule has 4 heteroatoms. The summed E-state index contributed by atoms with van der Waals surface area (Å²) in [6.45, 7) is 4.04. The summed E-state index contributed by atoms with van der Waals surface area (Å²) < 4.78 is 0. The highest BCUT2D eigenvalue weighted by Crippen LogP contribution is 2.18. The average Bonchev–Trinajstić information content (AvgIpc) is 2.84. The topological polar surface area (TPSA) is 37.0 Å². The molecule has 1 heterocycles. The molecule has 1 aliphatic carbocycles. The minimum Gasteiger partial charge on any atom is -0.360 e. The summed E-state index contributed by atoms with van der Waals surface area (Å²) in [6.07, 6.45) is 2.72. The monoisotopic (exact) mass is 197 g/mol. The highest BCUT2D eigenvalue weighted by molar-refractivity contribution is 7.13. The van der Waals surface area contributed by atoms with Crippen molar-refractivity contribution in [2.75, 3.05) is 18.4 Å². The van der Waals surface area contributed by atoms with Crippen LogP contribution in [0.5, 0.6) is 0 Å². The van der Waals surface area contributed by atoms with Crippen LogP contribution in [0, 0.1) is 6.92 Å². The van der Waals surface area contributed by atoms with Crippen molar-refractivity contribution >= 4 is 16.5 Å². The number of hydrogen-bond donors (Lipinski definition) is 2. The van der Waals surface area contributed by atoms with Gasteiger partial charge in [0.15, 0.2) is 5.13 Å². The summed E-state index contributed by atoms with van der Waals surface area (Å²) in [5.74, 6) is 0. The van der Waals surface area contributed by atoms with Crippen LogP contribution in [0.1, 0.15) is 18.5 Å². The van der Waals surface area contributed by atoms with E-state index in [0.29, 0.717) is 0 Å². The molecule has 0 unspecified atom stereocenters. The normalized spacial score (nSPS) is 16.1. The fourth-order valence-electron chi connectivity index (χ4n) is 1.17. The Morgan fingerprint density at radius 2 is 2.38 bits per heavy atom. The highest BCUT2D eigenvalue weighted by Gasteiger charge is 2.19. The van der Waals surface area contributed by atoms with E-state index >= 15 is 0 Å². The summed E-state index contributed by atoms with van der Waals surface area (Å²) in [5.41, 5.74) is 1.10. The number of nitrogens with zero attached hydrogens (tertiary/aromatic N) is 1. The van der Waals surface area contributed by atoms with Crippen LogP contribution in [0.2, 0.25) is 0 Å². The minimum atomic E-state index is 0.805. The van der Waals surface area contributed by atoms with Crippen LogP contribution in [0.15, 0.2) is 5.38 Å². The van der Waals surface area contributed by atoms with Gasteiger partial charge in [0.25, 0.3) is 0 Å². The minimum absolute atomic E-state index is 0.805. The standard InChI is InChI=1S/C9H15N3S/c1-7-6-13-9(12-7)11-5-4-10-8-2-3-8/h6,8,10H,2-5H2,1H3,(H,11,12). The maximum absolute atomic E-state index is 4.32. The van der Waals surface area contributed by atoms with Crippen molar-refractivity contribution in [2.24, 2.45) is 0 Å². The van der Waals surface area contributed by atoms with Gasteiger partial charge in [-0.15, -0.1) is 11.3 Å². The Morgan fingerprint density at radius 1 is 1.54 bits per heavy atom. The number of hydrogen-bond acceptors (Lipinski definition) is 4. The average molecular weight is 197 g/mol. The summed E-state index contributed by atoms with van der Waals surface area (Å²) in [5, 5.41) is 9.84. The van der Waals surface area contributed by atoms with E-state index in [4.69, 9.17) is 0 Å². The lowest BCUT2D eigenvalue weighted by Crippen LogP contribution is -2.23. The first-order valence-corrected chi connectivity index (χ1v) is 5.62. The van der Waals surface area contributed by atoms with Crippen molar-refractivity contribution in [2.45, 2.75) is 25.8 Å². The number of nitrogens with one attached hydrogen (secondary N) is 2. The van der Waals surface area contributed by atoms with Gasteiger partial charge in [0.05, 0.1) is 5.69 Å². The second kappa shape index (κ2) is 4.07. The lowest BCUT2D eigenvalue weighted by Gasteiger charge is -2.02. The van der Waals surface area contributed by atoms with Gasteiger partial charge in [0.2, 0.25) is 0 Å². The predicted molar refractivity (Wildman–Crippen MR) is 56.4 cm³/mol. The van der Waals surface area contributed by atoms with Gasteiger partial charge in [0.1, 0.15) is 0 Å². The van der Waals surface area contributed by atoms with Crippen LogP contribution in [-0.2, 0) is 0 Å². The number of aryl methyl sites for hydroxylation is 1. The third-order valence-electron chi connectivity index (χ3n) is 2.03. The molecule has 0 bridgehead atoms. The predicted octanol–water partition coefficient (Wildman–Crippen LogP) is 1.62. The maximum atomic E-state index is 4.32. The van der Waals surface area contributed by atoms with Gasteiger partial charge < -0.3 is 10.6 Å². The SMILES string of the molecule is Cc1csc(NCCNC2CC2)n1. The molecule has 0 spiro atoms. The zero-order valence-electron chi connectivity index (χ0n) is 7.84. The largest absolute Gasteiger partial charge is 0.360 e. The number of thiazole rings is 1. The van der Waals surface area contributed by atoms with E-state index in [1.165, 1.54) is 12.8 Å². The molecular weight excluding hydrogens is 182 g/mol. The summed E-state index contributed by atoms with van der Waals surface area (Å²) in [6, 6.07) is 0.805. The van der Waals surface area contributed by atoms with Crippen molar-refractivity contribution in [3.8, 4) is 0 Å². The van der Waals surface area contributed by atoms with E-state index in [0.717, 1.165) is 30.0 Å². The fraction of sp³-hybridized carbons (Fsp3) is 0.667. The van der Waals surface area contributed by atoms with Crippen molar-refractivity contribution in [1.82, 2.24) is 10.3 Å². The fourth-order valence-corrected chi connectivity index (χ4v) is 1.89. The van der Waals surface area contributed by atoms with Gasteiger partial charge in [-0.3, -0.25) is 0 Å². The van der Waals surface area contributed by atoms with Gasteiger partial charge in [0, 0.05) is 24.5 Å². The van der Waals surface area contributed by atoms with Crippen LogP contribution >= 0.6 is 11.3 Å². The molecule has 2 N–H and O–H groups in total. The second-order valence-electron chi connectivity index (χ2n) is 3.45. The lowest BCUT2D eigenvalue weighted by atomic mass is 10.5. The highest BCUT2D eigenvalue weighted by atomic mass is 32.1. The molecule has 1 aromatic heterocycles. The molecule has 0 atom stereocenters. The van der Waals surface area contributed by atoms with Gasteiger partial charge >= 0.3 is 0 Å². The molecule has 1 fully saturated rings. The zero-order valence-corrected chi connectivity index (χ0v) is 8.66. The third-order valence-corrected chi connectivity index (χ3v) is 2.95. The molecule has 3 nitrogen and oxygen atoms in total. The Labute approximate surface area is 82.6 Å². The van der Waals surface area contributed by atoms with Crippen molar-refractivity contribution in [1.29, 1.82) is 0 Å². The molecule has 2 rings (SSSR count).